The minimum absolute atomic E-state index is 0.451. The lowest BCUT2D eigenvalue weighted by Crippen LogP contribution is -2.37. The Hall–Kier alpha value is -3.91. The Labute approximate surface area is 198 Å². The highest BCUT2D eigenvalue weighted by molar-refractivity contribution is 6.06. The second-order valence-electron chi connectivity index (χ2n) is 8.47. The van der Waals surface area contributed by atoms with Gasteiger partial charge in [-0.2, -0.15) is 4.98 Å². The van der Waals surface area contributed by atoms with Crippen LogP contribution in [0.3, 0.4) is 0 Å². The van der Waals surface area contributed by atoms with Gasteiger partial charge in [-0.15, -0.1) is 0 Å². The van der Waals surface area contributed by atoms with Crippen LogP contribution in [0.1, 0.15) is 27.3 Å². The highest BCUT2D eigenvalue weighted by Gasteiger charge is 2.22. The smallest absolute Gasteiger partial charge is 0.249 e. The highest BCUT2D eigenvalue weighted by Crippen LogP contribution is 2.32. The number of morpholine rings is 1. The molecule has 0 atom stereocenters. The van der Waals surface area contributed by atoms with Crippen molar-refractivity contribution < 1.29 is 9.53 Å². The summed E-state index contributed by atoms with van der Waals surface area (Å²) in [6.07, 6.45) is 0. The van der Waals surface area contributed by atoms with Gasteiger partial charge in [0.2, 0.25) is 11.9 Å². The van der Waals surface area contributed by atoms with Gasteiger partial charge in [0.15, 0.2) is 5.82 Å². The van der Waals surface area contributed by atoms with Gasteiger partial charge in [0.1, 0.15) is 5.69 Å². The number of aromatic nitrogens is 3. The van der Waals surface area contributed by atoms with Gasteiger partial charge in [0.05, 0.1) is 24.4 Å². The van der Waals surface area contributed by atoms with Crippen LogP contribution in [-0.4, -0.2) is 46.7 Å². The number of rotatable bonds is 6. The Morgan fingerprint density at radius 2 is 1.82 bits per heavy atom. The van der Waals surface area contributed by atoms with Crippen LogP contribution in [0.4, 0.5) is 11.5 Å². The number of nitrogens with one attached hydrogen (secondary N) is 1. The summed E-state index contributed by atoms with van der Waals surface area (Å²) in [6, 6.07) is 17.7. The van der Waals surface area contributed by atoms with Crippen LogP contribution < -0.4 is 16.0 Å². The lowest BCUT2D eigenvalue weighted by Gasteiger charge is -2.31. The number of anilines is 2. The van der Waals surface area contributed by atoms with E-state index in [0.717, 1.165) is 46.9 Å². The van der Waals surface area contributed by atoms with Crippen molar-refractivity contribution in [2.24, 2.45) is 5.73 Å². The zero-order chi connectivity index (χ0) is 23.7. The Morgan fingerprint density at radius 1 is 1.06 bits per heavy atom. The predicted octanol–water partition coefficient (Wildman–Crippen LogP) is 3.58. The number of benzene rings is 2. The molecule has 3 N–H and O–H groups in total. The molecule has 1 saturated heterocycles. The maximum atomic E-state index is 12.0. The number of carbonyl (C=O) groups excluding carboxylic acids is 1. The van der Waals surface area contributed by atoms with E-state index < -0.39 is 5.91 Å². The molecule has 0 bridgehead atoms. The molecule has 2 aromatic carbocycles. The van der Waals surface area contributed by atoms with E-state index in [-0.39, 0.29) is 0 Å². The zero-order valence-electron chi connectivity index (χ0n) is 19.4. The molecule has 8 nitrogen and oxygen atoms in total. The lowest BCUT2D eigenvalue weighted by molar-refractivity contribution is 0.100. The first-order valence-electron chi connectivity index (χ1n) is 11.4. The molecule has 0 unspecified atom stereocenters. The van der Waals surface area contributed by atoms with Crippen LogP contribution in [-0.2, 0) is 11.3 Å². The summed E-state index contributed by atoms with van der Waals surface area (Å²) in [5, 5.41) is 4.34. The average molecular weight is 457 g/mol. The highest BCUT2D eigenvalue weighted by atomic mass is 16.5. The van der Waals surface area contributed by atoms with Crippen LogP contribution >= 0.6 is 0 Å². The maximum absolute atomic E-state index is 12.0. The van der Waals surface area contributed by atoms with Gasteiger partial charge in [-0.25, -0.2) is 4.98 Å². The van der Waals surface area contributed by atoms with Crippen molar-refractivity contribution in [2.45, 2.75) is 20.4 Å². The van der Waals surface area contributed by atoms with Crippen molar-refractivity contribution in [2.75, 3.05) is 36.5 Å². The normalized spacial score (nSPS) is 13.9. The van der Waals surface area contributed by atoms with Gasteiger partial charge in [0, 0.05) is 36.3 Å². The standard InChI is InChI=1S/C26H28N6O2/c1-17-15-21-20(24(27)33)9-6-10-22(21)32(17)26-29-18(2)23(31-11-13-34-14-12-31)25(30-26)28-16-19-7-4-3-5-8-19/h3-10,15H,11-14,16H2,1-2H3,(H2,27,33)(H,28,29,30). The molecule has 4 aromatic rings. The summed E-state index contributed by atoms with van der Waals surface area (Å²) in [7, 11) is 0. The number of hydrogen-bond acceptors (Lipinski definition) is 6. The second-order valence-corrected chi connectivity index (χ2v) is 8.47. The molecular weight excluding hydrogens is 428 g/mol. The molecule has 5 rings (SSSR count). The Morgan fingerprint density at radius 3 is 2.56 bits per heavy atom. The predicted molar refractivity (Wildman–Crippen MR) is 134 cm³/mol. The Balaban J connectivity index is 1.63. The van der Waals surface area contributed by atoms with E-state index in [1.807, 2.05) is 54.8 Å². The molecule has 34 heavy (non-hydrogen) atoms. The lowest BCUT2D eigenvalue weighted by atomic mass is 10.1. The number of primary amides is 1. The van der Waals surface area contributed by atoms with Gasteiger partial charge >= 0.3 is 0 Å². The minimum Gasteiger partial charge on any atom is -0.378 e. The molecule has 8 heteroatoms. The number of nitrogens with zero attached hydrogens (tertiary/aromatic N) is 4. The second kappa shape index (κ2) is 9.15. The van der Waals surface area contributed by atoms with Crippen molar-refractivity contribution in [3.05, 3.63) is 77.1 Å². The van der Waals surface area contributed by atoms with E-state index in [2.05, 4.69) is 22.3 Å². The SMILES string of the molecule is Cc1nc(-n2c(C)cc3c(C(N)=O)cccc32)nc(NCc2ccccc2)c1N1CCOCC1. The van der Waals surface area contributed by atoms with Crippen molar-refractivity contribution in [1.82, 2.24) is 14.5 Å². The molecule has 0 spiro atoms. The summed E-state index contributed by atoms with van der Waals surface area (Å²) >= 11 is 0. The van der Waals surface area contributed by atoms with Crippen LogP contribution in [0, 0.1) is 13.8 Å². The van der Waals surface area contributed by atoms with Crippen molar-refractivity contribution >= 4 is 28.3 Å². The molecule has 1 fully saturated rings. The van der Waals surface area contributed by atoms with E-state index in [4.69, 9.17) is 20.4 Å². The Kier molecular flexibility index (Phi) is 5.90. The van der Waals surface area contributed by atoms with E-state index in [0.29, 0.717) is 31.3 Å². The summed E-state index contributed by atoms with van der Waals surface area (Å²) < 4.78 is 7.54. The van der Waals surface area contributed by atoms with Crippen molar-refractivity contribution in [3.8, 4) is 5.95 Å². The van der Waals surface area contributed by atoms with E-state index in [9.17, 15) is 4.79 Å². The van der Waals surface area contributed by atoms with Gasteiger partial charge in [-0.05, 0) is 37.6 Å². The molecule has 1 amide bonds. The molecule has 3 heterocycles. The first kappa shape index (κ1) is 21.9. The number of nitrogens with two attached hydrogens (primary N) is 1. The van der Waals surface area contributed by atoms with Crippen LogP contribution in [0.5, 0.6) is 0 Å². The fourth-order valence-electron chi connectivity index (χ4n) is 4.57. The van der Waals surface area contributed by atoms with Gasteiger partial charge in [-0.3, -0.25) is 9.36 Å². The summed E-state index contributed by atoms with van der Waals surface area (Å²) in [6.45, 7) is 7.57. The third-order valence-corrected chi connectivity index (χ3v) is 6.17. The summed E-state index contributed by atoms with van der Waals surface area (Å²) in [4.78, 5) is 24.2. The molecule has 0 saturated carbocycles. The minimum atomic E-state index is -0.451. The number of aryl methyl sites for hydroxylation is 2. The fourth-order valence-corrected chi connectivity index (χ4v) is 4.57. The van der Waals surface area contributed by atoms with Crippen LogP contribution in [0.2, 0.25) is 0 Å². The molecule has 0 aliphatic carbocycles. The maximum Gasteiger partial charge on any atom is 0.249 e. The monoisotopic (exact) mass is 456 g/mol. The topological polar surface area (TPSA) is 98.3 Å². The average Bonchev–Trinajstić information content (AvgIpc) is 3.19. The number of amides is 1. The van der Waals surface area contributed by atoms with Gasteiger partial charge < -0.3 is 20.7 Å². The molecule has 174 valence electrons. The van der Waals surface area contributed by atoms with Crippen molar-refractivity contribution in [1.29, 1.82) is 0 Å². The first-order chi connectivity index (χ1) is 16.5. The van der Waals surface area contributed by atoms with Crippen LogP contribution in [0.25, 0.3) is 16.9 Å². The largest absolute Gasteiger partial charge is 0.378 e. The first-order valence-corrected chi connectivity index (χ1v) is 11.4. The fraction of sp³-hybridized carbons (Fsp3) is 0.269. The Bertz CT molecular complexity index is 1340. The van der Waals surface area contributed by atoms with Gasteiger partial charge in [0.25, 0.3) is 0 Å². The number of carbonyl (C=O) groups is 1. The summed E-state index contributed by atoms with van der Waals surface area (Å²) in [5.74, 6) is 0.882. The molecule has 2 aromatic heterocycles. The molecule has 0 radical (unpaired) electrons. The molecule has 1 aliphatic rings. The van der Waals surface area contributed by atoms with Gasteiger partial charge in [-0.1, -0.05) is 36.4 Å². The van der Waals surface area contributed by atoms with E-state index in [1.165, 1.54) is 5.56 Å². The number of fused-ring (bicyclic) bond motifs is 1. The molecular formula is C26H28N6O2. The van der Waals surface area contributed by atoms with E-state index in [1.54, 1.807) is 6.07 Å². The van der Waals surface area contributed by atoms with Crippen LogP contribution in [0.15, 0.2) is 54.6 Å². The quantitative estimate of drug-likeness (QED) is 0.460. The number of hydrogen-bond donors (Lipinski definition) is 2. The van der Waals surface area contributed by atoms with Crippen molar-refractivity contribution in [3.63, 3.8) is 0 Å². The third kappa shape index (κ3) is 4.08. The molecule has 1 aliphatic heterocycles. The zero-order valence-corrected chi connectivity index (χ0v) is 19.4. The third-order valence-electron chi connectivity index (χ3n) is 6.17. The summed E-state index contributed by atoms with van der Waals surface area (Å²) in [5.41, 5.74) is 10.9. The number of ether oxygens (including phenoxy) is 1. The van der Waals surface area contributed by atoms with E-state index >= 15 is 0 Å².